The van der Waals surface area contributed by atoms with Crippen LogP contribution in [0.4, 0.5) is 0 Å². The highest BCUT2D eigenvalue weighted by Gasteiger charge is 2.31. The topological polar surface area (TPSA) is 32.3 Å². The van der Waals surface area contributed by atoms with Crippen LogP contribution in [0.2, 0.25) is 0 Å². The summed E-state index contributed by atoms with van der Waals surface area (Å²) >= 11 is 0. The van der Waals surface area contributed by atoms with Crippen LogP contribution < -0.4 is 5.32 Å². The van der Waals surface area contributed by atoms with Crippen molar-refractivity contribution in [1.82, 2.24) is 10.2 Å². The Bertz CT molecular complexity index is 228. The second-order valence-corrected chi connectivity index (χ2v) is 4.77. The second kappa shape index (κ2) is 4.97. The summed E-state index contributed by atoms with van der Waals surface area (Å²) in [6, 6.07) is 1.17. The van der Waals surface area contributed by atoms with Crippen molar-refractivity contribution in [2.24, 2.45) is 0 Å². The number of likely N-dealkylation sites (tertiary alicyclic amines) is 1. The van der Waals surface area contributed by atoms with Crippen molar-refractivity contribution in [2.45, 2.75) is 57.5 Å². The molecule has 0 aromatic rings. The van der Waals surface area contributed by atoms with Gasteiger partial charge in [-0.1, -0.05) is 6.92 Å². The fraction of sp³-hybridized carbons (Fsp3) is 0.917. The van der Waals surface area contributed by atoms with Crippen LogP contribution in [0.1, 0.15) is 45.4 Å². The Labute approximate surface area is 92.2 Å². The van der Waals surface area contributed by atoms with Crippen molar-refractivity contribution < 1.29 is 4.79 Å². The number of nitrogens with zero attached hydrogens (tertiary/aromatic N) is 1. The molecular weight excluding hydrogens is 188 g/mol. The summed E-state index contributed by atoms with van der Waals surface area (Å²) in [4.78, 5) is 13.8. The van der Waals surface area contributed by atoms with Crippen molar-refractivity contribution in [1.29, 1.82) is 0 Å². The molecule has 1 heterocycles. The predicted octanol–water partition coefficient (Wildman–Crippen LogP) is 1.53. The van der Waals surface area contributed by atoms with Crippen molar-refractivity contribution in [3.63, 3.8) is 0 Å². The van der Waals surface area contributed by atoms with E-state index in [0.717, 1.165) is 25.9 Å². The van der Waals surface area contributed by atoms with Crippen LogP contribution in [0.25, 0.3) is 0 Å². The standard InChI is InChI=1S/C12H22N2O/c1-2-13-10-5-3-6-11(9-10)14-8-4-7-12(14)15/h10-11,13H,2-9H2,1H3. The Hall–Kier alpha value is -0.570. The normalized spacial score (nSPS) is 32.3. The largest absolute Gasteiger partial charge is 0.340 e. The van der Waals surface area contributed by atoms with Gasteiger partial charge in [0.25, 0.3) is 0 Å². The number of hydrogen-bond donors (Lipinski definition) is 1. The molecule has 2 rings (SSSR count). The van der Waals surface area contributed by atoms with Gasteiger partial charge >= 0.3 is 0 Å². The third-order valence-electron chi connectivity index (χ3n) is 3.69. The molecule has 3 nitrogen and oxygen atoms in total. The zero-order valence-electron chi connectivity index (χ0n) is 9.67. The van der Waals surface area contributed by atoms with Crippen LogP contribution in [0.3, 0.4) is 0 Å². The summed E-state index contributed by atoms with van der Waals surface area (Å²) in [5.74, 6) is 0.386. The second-order valence-electron chi connectivity index (χ2n) is 4.77. The lowest BCUT2D eigenvalue weighted by molar-refractivity contribution is -0.130. The molecule has 2 aliphatic rings. The Morgan fingerprint density at radius 2 is 2.27 bits per heavy atom. The van der Waals surface area contributed by atoms with Gasteiger partial charge in [-0.25, -0.2) is 0 Å². The van der Waals surface area contributed by atoms with E-state index in [2.05, 4.69) is 17.1 Å². The highest BCUT2D eigenvalue weighted by atomic mass is 16.2. The first kappa shape index (κ1) is 10.9. The lowest BCUT2D eigenvalue weighted by Crippen LogP contribution is -2.44. The quantitative estimate of drug-likeness (QED) is 0.766. The molecule has 2 fully saturated rings. The van der Waals surface area contributed by atoms with Gasteiger partial charge in [0.15, 0.2) is 0 Å². The maximum absolute atomic E-state index is 11.6. The molecule has 0 spiro atoms. The molecule has 0 aromatic carbocycles. The molecule has 0 radical (unpaired) electrons. The molecule has 0 bridgehead atoms. The van der Waals surface area contributed by atoms with Crippen LogP contribution in [-0.4, -0.2) is 36.0 Å². The molecule has 0 aromatic heterocycles. The smallest absolute Gasteiger partial charge is 0.222 e. The summed E-state index contributed by atoms with van der Waals surface area (Å²) < 4.78 is 0. The van der Waals surface area contributed by atoms with E-state index in [1.807, 2.05) is 0 Å². The van der Waals surface area contributed by atoms with E-state index in [1.165, 1.54) is 25.7 Å². The molecule has 1 N–H and O–H groups in total. The molecule has 1 saturated heterocycles. The van der Waals surface area contributed by atoms with E-state index in [9.17, 15) is 4.79 Å². The number of carbonyl (C=O) groups is 1. The van der Waals surface area contributed by atoms with Crippen molar-refractivity contribution in [3.8, 4) is 0 Å². The summed E-state index contributed by atoms with van der Waals surface area (Å²) in [6.45, 7) is 4.21. The molecule has 1 saturated carbocycles. The van der Waals surface area contributed by atoms with Gasteiger partial charge in [0, 0.05) is 25.0 Å². The molecule has 1 aliphatic carbocycles. The summed E-state index contributed by atoms with van der Waals surface area (Å²) in [6.07, 6.45) is 6.79. The molecule has 2 unspecified atom stereocenters. The molecule has 1 amide bonds. The number of carbonyl (C=O) groups excluding carboxylic acids is 1. The van der Waals surface area contributed by atoms with E-state index in [0.29, 0.717) is 18.0 Å². The van der Waals surface area contributed by atoms with Crippen LogP contribution in [0.15, 0.2) is 0 Å². The van der Waals surface area contributed by atoms with E-state index in [1.54, 1.807) is 0 Å². The van der Waals surface area contributed by atoms with Gasteiger partial charge in [-0.2, -0.15) is 0 Å². The van der Waals surface area contributed by atoms with Gasteiger partial charge in [-0.15, -0.1) is 0 Å². The minimum atomic E-state index is 0.386. The fourth-order valence-electron chi connectivity index (χ4n) is 2.98. The van der Waals surface area contributed by atoms with Crippen LogP contribution >= 0.6 is 0 Å². The summed E-state index contributed by atoms with van der Waals surface area (Å²) in [5.41, 5.74) is 0. The molecular formula is C12H22N2O. The minimum absolute atomic E-state index is 0.386. The minimum Gasteiger partial charge on any atom is -0.340 e. The van der Waals surface area contributed by atoms with E-state index < -0.39 is 0 Å². The zero-order chi connectivity index (χ0) is 10.7. The third-order valence-corrected chi connectivity index (χ3v) is 3.69. The highest BCUT2D eigenvalue weighted by molar-refractivity contribution is 5.78. The number of hydrogen-bond acceptors (Lipinski definition) is 2. The number of nitrogens with one attached hydrogen (secondary N) is 1. The first-order valence-corrected chi connectivity index (χ1v) is 6.34. The fourth-order valence-corrected chi connectivity index (χ4v) is 2.98. The Balaban J connectivity index is 1.89. The zero-order valence-corrected chi connectivity index (χ0v) is 9.67. The molecule has 3 heteroatoms. The van der Waals surface area contributed by atoms with Crippen molar-refractivity contribution in [2.75, 3.05) is 13.1 Å². The Morgan fingerprint density at radius 1 is 1.40 bits per heavy atom. The van der Waals surface area contributed by atoms with E-state index in [4.69, 9.17) is 0 Å². The van der Waals surface area contributed by atoms with Crippen LogP contribution in [0, 0.1) is 0 Å². The first-order chi connectivity index (χ1) is 7.31. The Kier molecular flexibility index (Phi) is 3.62. The van der Waals surface area contributed by atoms with Crippen LogP contribution in [0.5, 0.6) is 0 Å². The molecule has 15 heavy (non-hydrogen) atoms. The monoisotopic (exact) mass is 210 g/mol. The van der Waals surface area contributed by atoms with E-state index in [-0.39, 0.29) is 0 Å². The lowest BCUT2D eigenvalue weighted by atomic mass is 9.90. The molecule has 86 valence electrons. The average Bonchev–Trinajstić information content (AvgIpc) is 2.65. The average molecular weight is 210 g/mol. The van der Waals surface area contributed by atoms with Gasteiger partial charge in [-0.3, -0.25) is 4.79 Å². The molecule has 1 aliphatic heterocycles. The van der Waals surface area contributed by atoms with Crippen LogP contribution in [-0.2, 0) is 4.79 Å². The number of amides is 1. The van der Waals surface area contributed by atoms with Gasteiger partial charge < -0.3 is 10.2 Å². The van der Waals surface area contributed by atoms with Gasteiger partial charge in [-0.05, 0) is 38.6 Å². The number of rotatable bonds is 3. The third kappa shape index (κ3) is 2.51. The lowest BCUT2D eigenvalue weighted by Gasteiger charge is -2.35. The maximum atomic E-state index is 11.6. The summed E-state index contributed by atoms with van der Waals surface area (Å²) in [5, 5.41) is 3.51. The van der Waals surface area contributed by atoms with E-state index >= 15 is 0 Å². The predicted molar refractivity (Wildman–Crippen MR) is 60.7 cm³/mol. The highest BCUT2D eigenvalue weighted by Crippen LogP contribution is 2.26. The van der Waals surface area contributed by atoms with Gasteiger partial charge in [0.05, 0.1) is 0 Å². The SMILES string of the molecule is CCNC1CCCC(N2CCCC2=O)C1. The Morgan fingerprint density at radius 3 is 2.93 bits per heavy atom. The summed E-state index contributed by atoms with van der Waals surface area (Å²) in [7, 11) is 0. The van der Waals surface area contributed by atoms with Crippen molar-refractivity contribution in [3.05, 3.63) is 0 Å². The first-order valence-electron chi connectivity index (χ1n) is 6.34. The maximum Gasteiger partial charge on any atom is 0.222 e. The van der Waals surface area contributed by atoms with Gasteiger partial charge in [0.1, 0.15) is 0 Å². The van der Waals surface area contributed by atoms with Gasteiger partial charge in [0.2, 0.25) is 5.91 Å². The van der Waals surface area contributed by atoms with Crippen molar-refractivity contribution >= 4 is 5.91 Å². The molecule has 2 atom stereocenters.